The lowest BCUT2D eigenvalue weighted by molar-refractivity contribution is -0.163. The molecule has 0 aliphatic rings. The van der Waals surface area contributed by atoms with Crippen molar-refractivity contribution in [2.24, 2.45) is 0 Å². The van der Waals surface area contributed by atoms with Gasteiger partial charge in [0.25, 0.3) is 0 Å². The highest BCUT2D eigenvalue weighted by Crippen LogP contribution is 2.32. The Bertz CT molecular complexity index is 838. The van der Waals surface area contributed by atoms with Crippen molar-refractivity contribution in [3.05, 3.63) is 59.7 Å². The first-order valence-electron chi connectivity index (χ1n) is 8.95. The van der Waals surface area contributed by atoms with Gasteiger partial charge in [-0.1, -0.05) is 30.3 Å². The Morgan fingerprint density at radius 2 is 1.76 bits per heavy atom. The second kappa shape index (κ2) is 9.95. The molecule has 5 nitrogen and oxygen atoms in total. The second-order valence-corrected chi connectivity index (χ2v) is 6.33. The van der Waals surface area contributed by atoms with Crippen molar-refractivity contribution in [3.63, 3.8) is 0 Å². The fraction of sp³-hybridized carbons (Fsp3) is 0.333. The Balaban J connectivity index is 1.89. The molecular formula is C21H22F3NO4. The standard InChI is InChI=1S/C21H22F3NO4/c1-14(26)16-10-11-17(18(13-16)28-2)29-12-6-9-19(27)25-20(21(22,23)24)15-7-4-3-5-8-15/h3-5,7-8,10-11,13,20H,6,9,12H2,1-2H3,(H,25,27). The van der Waals surface area contributed by atoms with Crippen molar-refractivity contribution in [2.45, 2.75) is 32.0 Å². The average Bonchev–Trinajstić information content (AvgIpc) is 2.69. The number of ether oxygens (including phenoxy) is 2. The van der Waals surface area contributed by atoms with Crippen molar-refractivity contribution in [2.75, 3.05) is 13.7 Å². The van der Waals surface area contributed by atoms with Crippen molar-refractivity contribution in [3.8, 4) is 11.5 Å². The highest BCUT2D eigenvalue weighted by atomic mass is 19.4. The van der Waals surface area contributed by atoms with Crippen LogP contribution in [0.25, 0.3) is 0 Å². The van der Waals surface area contributed by atoms with Gasteiger partial charge in [0.2, 0.25) is 5.91 Å². The van der Waals surface area contributed by atoms with E-state index in [2.05, 4.69) is 0 Å². The zero-order valence-electron chi connectivity index (χ0n) is 16.1. The molecule has 156 valence electrons. The number of amides is 1. The number of nitrogens with one attached hydrogen (secondary N) is 1. The number of hydrogen-bond acceptors (Lipinski definition) is 4. The van der Waals surface area contributed by atoms with E-state index in [1.807, 2.05) is 5.32 Å². The van der Waals surface area contributed by atoms with Gasteiger partial charge in [-0.25, -0.2) is 0 Å². The fourth-order valence-corrected chi connectivity index (χ4v) is 2.65. The van der Waals surface area contributed by atoms with Crippen LogP contribution in [-0.4, -0.2) is 31.6 Å². The van der Waals surface area contributed by atoms with Gasteiger partial charge in [-0.2, -0.15) is 13.2 Å². The number of carbonyl (C=O) groups excluding carboxylic acids is 2. The molecule has 0 bridgehead atoms. The third-order valence-electron chi connectivity index (χ3n) is 4.14. The molecule has 0 saturated heterocycles. The summed E-state index contributed by atoms with van der Waals surface area (Å²) in [6.07, 6.45) is -4.52. The topological polar surface area (TPSA) is 64.6 Å². The molecule has 1 N–H and O–H groups in total. The molecule has 0 spiro atoms. The summed E-state index contributed by atoms with van der Waals surface area (Å²) in [6.45, 7) is 1.53. The van der Waals surface area contributed by atoms with Crippen LogP contribution in [-0.2, 0) is 4.79 Å². The van der Waals surface area contributed by atoms with E-state index in [1.54, 1.807) is 18.2 Å². The molecule has 0 fully saturated rings. The molecular weight excluding hydrogens is 387 g/mol. The Morgan fingerprint density at radius 3 is 2.34 bits per heavy atom. The molecule has 0 aliphatic carbocycles. The lowest BCUT2D eigenvalue weighted by atomic mass is 10.1. The Hall–Kier alpha value is -3.03. The number of rotatable bonds is 9. The summed E-state index contributed by atoms with van der Waals surface area (Å²) in [6, 6.07) is 9.85. The van der Waals surface area contributed by atoms with E-state index in [0.717, 1.165) is 0 Å². The SMILES string of the molecule is COc1cc(C(C)=O)ccc1OCCCC(=O)NC(c1ccccc1)C(F)(F)F. The maximum absolute atomic E-state index is 13.3. The van der Waals surface area contributed by atoms with E-state index in [9.17, 15) is 22.8 Å². The third-order valence-corrected chi connectivity index (χ3v) is 4.14. The van der Waals surface area contributed by atoms with Gasteiger partial charge in [0.05, 0.1) is 13.7 Å². The minimum atomic E-state index is -4.60. The van der Waals surface area contributed by atoms with Gasteiger partial charge < -0.3 is 14.8 Å². The number of benzene rings is 2. The van der Waals surface area contributed by atoms with Gasteiger partial charge in [-0.05, 0) is 37.1 Å². The molecule has 0 heterocycles. The maximum Gasteiger partial charge on any atom is 0.412 e. The number of methoxy groups -OCH3 is 1. The number of ketones is 1. The van der Waals surface area contributed by atoms with E-state index in [-0.39, 0.29) is 30.8 Å². The Labute approximate surface area is 166 Å². The molecule has 2 aromatic rings. The highest BCUT2D eigenvalue weighted by Gasteiger charge is 2.41. The molecule has 1 amide bonds. The maximum atomic E-state index is 13.3. The largest absolute Gasteiger partial charge is 0.493 e. The number of alkyl halides is 3. The molecule has 0 radical (unpaired) electrons. The van der Waals surface area contributed by atoms with E-state index < -0.39 is 18.1 Å². The monoisotopic (exact) mass is 409 g/mol. The van der Waals surface area contributed by atoms with Gasteiger partial charge in [0, 0.05) is 12.0 Å². The van der Waals surface area contributed by atoms with Crippen LogP contribution in [0.3, 0.4) is 0 Å². The van der Waals surface area contributed by atoms with E-state index in [4.69, 9.17) is 9.47 Å². The van der Waals surface area contributed by atoms with Crippen molar-refractivity contribution in [1.82, 2.24) is 5.32 Å². The molecule has 1 atom stereocenters. The summed E-state index contributed by atoms with van der Waals surface area (Å²) in [5.74, 6) is -0.0958. The molecule has 8 heteroatoms. The molecule has 29 heavy (non-hydrogen) atoms. The van der Waals surface area contributed by atoms with Crippen molar-refractivity contribution >= 4 is 11.7 Å². The predicted molar refractivity (Wildman–Crippen MR) is 101 cm³/mol. The number of hydrogen-bond donors (Lipinski definition) is 1. The Kier molecular flexibility index (Phi) is 7.64. The van der Waals surface area contributed by atoms with Crippen LogP contribution in [0, 0.1) is 0 Å². The van der Waals surface area contributed by atoms with Gasteiger partial charge in [-0.15, -0.1) is 0 Å². The first-order chi connectivity index (χ1) is 13.7. The molecule has 0 saturated carbocycles. The first-order valence-corrected chi connectivity index (χ1v) is 8.95. The van der Waals surface area contributed by atoms with Crippen molar-refractivity contribution < 1.29 is 32.2 Å². The summed E-state index contributed by atoms with van der Waals surface area (Å²) in [5.41, 5.74) is 0.438. The van der Waals surface area contributed by atoms with Crippen LogP contribution in [0.15, 0.2) is 48.5 Å². The smallest absolute Gasteiger partial charge is 0.412 e. The zero-order chi connectivity index (χ0) is 21.4. The second-order valence-electron chi connectivity index (χ2n) is 6.33. The summed E-state index contributed by atoms with van der Waals surface area (Å²) >= 11 is 0. The lowest BCUT2D eigenvalue weighted by Gasteiger charge is -2.22. The lowest BCUT2D eigenvalue weighted by Crippen LogP contribution is -2.38. The number of Topliss-reactive ketones (excluding diaryl/α,β-unsaturated/α-hetero) is 1. The highest BCUT2D eigenvalue weighted by molar-refractivity contribution is 5.94. The molecule has 2 aromatic carbocycles. The summed E-state index contributed by atoms with van der Waals surface area (Å²) in [5, 5.41) is 2.03. The first kappa shape index (κ1) is 22.3. The summed E-state index contributed by atoms with van der Waals surface area (Å²) in [7, 11) is 1.43. The zero-order valence-corrected chi connectivity index (χ0v) is 16.1. The average molecular weight is 409 g/mol. The minimum absolute atomic E-state index is 0.0279. The minimum Gasteiger partial charge on any atom is -0.493 e. The quantitative estimate of drug-likeness (QED) is 0.490. The summed E-state index contributed by atoms with van der Waals surface area (Å²) in [4.78, 5) is 23.4. The van der Waals surface area contributed by atoms with Crippen LogP contribution in [0.4, 0.5) is 13.2 Å². The van der Waals surface area contributed by atoms with Gasteiger partial charge >= 0.3 is 6.18 Å². The van der Waals surface area contributed by atoms with E-state index in [1.165, 1.54) is 44.4 Å². The number of carbonyl (C=O) groups is 2. The number of halogens is 3. The van der Waals surface area contributed by atoms with Crippen LogP contribution >= 0.6 is 0 Å². The van der Waals surface area contributed by atoms with Gasteiger partial charge in [-0.3, -0.25) is 9.59 Å². The van der Waals surface area contributed by atoms with Crippen LogP contribution in [0.2, 0.25) is 0 Å². The van der Waals surface area contributed by atoms with Gasteiger partial charge in [0.15, 0.2) is 23.3 Å². The van der Waals surface area contributed by atoms with Gasteiger partial charge in [0.1, 0.15) is 0 Å². The molecule has 0 aromatic heterocycles. The Morgan fingerprint density at radius 1 is 1.07 bits per heavy atom. The fourth-order valence-electron chi connectivity index (χ4n) is 2.65. The van der Waals surface area contributed by atoms with Crippen LogP contribution < -0.4 is 14.8 Å². The third kappa shape index (κ3) is 6.51. The van der Waals surface area contributed by atoms with E-state index >= 15 is 0 Å². The van der Waals surface area contributed by atoms with Crippen LogP contribution in [0.5, 0.6) is 11.5 Å². The molecule has 1 unspecified atom stereocenters. The van der Waals surface area contributed by atoms with E-state index in [0.29, 0.717) is 17.1 Å². The molecule has 2 rings (SSSR count). The van der Waals surface area contributed by atoms with Crippen molar-refractivity contribution in [1.29, 1.82) is 0 Å². The summed E-state index contributed by atoms with van der Waals surface area (Å²) < 4.78 is 50.5. The normalized spacial score (nSPS) is 12.2. The molecule has 0 aliphatic heterocycles. The van der Waals surface area contributed by atoms with Crippen LogP contribution in [0.1, 0.15) is 41.7 Å². The predicted octanol–water partition coefficient (Wildman–Crippen LogP) is 4.48.